The van der Waals surface area contributed by atoms with Crippen molar-refractivity contribution in [1.29, 1.82) is 0 Å². The molecular formula is C20H14NNaO5. The van der Waals surface area contributed by atoms with E-state index in [4.69, 9.17) is 15.2 Å². The van der Waals surface area contributed by atoms with Gasteiger partial charge in [-0.15, -0.1) is 0 Å². The monoisotopic (exact) mass is 371 g/mol. The first-order valence-corrected chi connectivity index (χ1v) is 7.97. The number of esters is 1. The number of nitrogens with two attached hydrogens (primary N) is 1. The van der Waals surface area contributed by atoms with Gasteiger partial charge in [0.1, 0.15) is 23.0 Å². The molecule has 0 atom stereocenters. The second-order valence-electron chi connectivity index (χ2n) is 6.34. The van der Waals surface area contributed by atoms with E-state index in [2.05, 4.69) is 0 Å². The topological polar surface area (TPSA) is 102 Å². The number of carbonyl (C=O) groups excluding carboxylic acids is 1. The predicted molar refractivity (Wildman–Crippen MR) is 99.6 cm³/mol. The first kappa shape index (κ1) is 17.7. The molecule has 0 bridgehead atoms. The van der Waals surface area contributed by atoms with E-state index in [-0.39, 0.29) is 41.1 Å². The zero-order valence-corrected chi connectivity index (χ0v) is 13.4. The van der Waals surface area contributed by atoms with Crippen LogP contribution in [0.1, 0.15) is 27.0 Å². The van der Waals surface area contributed by atoms with E-state index < -0.39 is 11.6 Å². The number of fused-ring (bicyclic) bond motifs is 6. The number of benzene rings is 3. The van der Waals surface area contributed by atoms with Crippen LogP contribution in [0.2, 0.25) is 0 Å². The molecule has 0 saturated heterocycles. The van der Waals surface area contributed by atoms with Crippen LogP contribution < -0.4 is 10.5 Å². The first-order valence-electron chi connectivity index (χ1n) is 7.97. The third kappa shape index (κ3) is 2.34. The van der Waals surface area contributed by atoms with Crippen LogP contribution in [0.3, 0.4) is 0 Å². The van der Waals surface area contributed by atoms with Crippen LogP contribution in [-0.4, -0.2) is 45.7 Å². The number of phenols is 2. The van der Waals surface area contributed by atoms with Crippen molar-refractivity contribution in [1.82, 2.24) is 0 Å². The number of ether oxygens (including phenoxy) is 2. The average molecular weight is 371 g/mol. The number of rotatable bonds is 0. The van der Waals surface area contributed by atoms with E-state index in [9.17, 15) is 15.0 Å². The van der Waals surface area contributed by atoms with Gasteiger partial charge in [0.15, 0.2) is 5.60 Å². The summed E-state index contributed by atoms with van der Waals surface area (Å²) in [5.74, 6) is 0.238. The van der Waals surface area contributed by atoms with E-state index in [0.717, 1.165) is 0 Å². The second kappa shape index (κ2) is 5.92. The summed E-state index contributed by atoms with van der Waals surface area (Å²) in [6.45, 7) is 0. The first-order chi connectivity index (χ1) is 12.5. The van der Waals surface area contributed by atoms with Gasteiger partial charge in [-0.05, 0) is 36.4 Å². The van der Waals surface area contributed by atoms with Crippen molar-refractivity contribution in [2.24, 2.45) is 0 Å². The van der Waals surface area contributed by atoms with E-state index >= 15 is 0 Å². The Morgan fingerprint density at radius 2 is 1.37 bits per heavy atom. The molecular weight excluding hydrogens is 357 g/mol. The third-order valence-corrected chi connectivity index (χ3v) is 4.80. The Labute approximate surface area is 176 Å². The molecule has 7 heteroatoms. The molecule has 2 heterocycles. The van der Waals surface area contributed by atoms with E-state index in [1.54, 1.807) is 30.3 Å². The van der Waals surface area contributed by atoms with Crippen LogP contribution in [0.25, 0.3) is 0 Å². The molecule has 0 amide bonds. The molecule has 0 saturated carbocycles. The van der Waals surface area contributed by atoms with Crippen molar-refractivity contribution >= 4 is 41.2 Å². The summed E-state index contributed by atoms with van der Waals surface area (Å²) >= 11 is 0. The van der Waals surface area contributed by atoms with Crippen LogP contribution >= 0.6 is 0 Å². The number of hydrogen-bond donors (Lipinski definition) is 3. The molecule has 130 valence electrons. The van der Waals surface area contributed by atoms with Gasteiger partial charge in [0.25, 0.3) is 0 Å². The quantitative estimate of drug-likeness (QED) is 0.319. The minimum absolute atomic E-state index is 0. The number of aromatic hydroxyl groups is 2. The fraction of sp³-hybridized carbons (Fsp3) is 0.0500. The molecule has 27 heavy (non-hydrogen) atoms. The zero-order valence-electron chi connectivity index (χ0n) is 13.4. The van der Waals surface area contributed by atoms with Crippen LogP contribution in [0, 0.1) is 0 Å². The van der Waals surface area contributed by atoms with Crippen molar-refractivity contribution in [2.45, 2.75) is 5.60 Å². The number of carbonyl (C=O) groups is 1. The van der Waals surface area contributed by atoms with Crippen molar-refractivity contribution in [3.8, 4) is 23.0 Å². The normalized spacial score (nSPS) is 15.0. The Balaban J connectivity index is 0.00000180. The Morgan fingerprint density at radius 3 is 1.96 bits per heavy atom. The van der Waals surface area contributed by atoms with Gasteiger partial charge in [0, 0.05) is 34.5 Å². The Bertz CT molecular complexity index is 1060. The summed E-state index contributed by atoms with van der Waals surface area (Å²) in [5.41, 5.74) is 7.26. The Hall–Kier alpha value is -2.67. The van der Waals surface area contributed by atoms with Gasteiger partial charge in [-0.25, -0.2) is 4.79 Å². The summed E-state index contributed by atoms with van der Waals surface area (Å²) in [4.78, 5) is 12.6. The molecule has 5 rings (SSSR count). The maximum absolute atomic E-state index is 12.6. The second-order valence-corrected chi connectivity index (χ2v) is 6.34. The SMILES string of the molecule is Nc1ccc2c(c1)C(=O)OC21c2ccc(O)cc2Oc2cc(O)ccc21.[NaH]. The van der Waals surface area contributed by atoms with Crippen LogP contribution in [0.15, 0.2) is 54.6 Å². The van der Waals surface area contributed by atoms with E-state index in [0.29, 0.717) is 39.4 Å². The van der Waals surface area contributed by atoms with Crippen molar-refractivity contribution < 1.29 is 24.5 Å². The van der Waals surface area contributed by atoms with E-state index in [1.165, 1.54) is 24.3 Å². The summed E-state index contributed by atoms with van der Waals surface area (Å²) < 4.78 is 11.8. The van der Waals surface area contributed by atoms with Crippen LogP contribution in [-0.2, 0) is 10.3 Å². The number of nitrogen functional groups attached to an aromatic ring is 1. The van der Waals surface area contributed by atoms with Crippen LogP contribution in [0.5, 0.6) is 23.0 Å². The van der Waals surface area contributed by atoms with E-state index in [1.807, 2.05) is 0 Å². The molecule has 2 aliphatic rings. The fourth-order valence-electron chi connectivity index (χ4n) is 3.72. The van der Waals surface area contributed by atoms with Gasteiger partial charge in [-0.3, -0.25) is 0 Å². The minimum atomic E-state index is -1.23. The molecule has 6 nitrogen and oxygen atoms in total. The van der Waals surface area contributed by atoms with Crippen molar-refractivity contribution in [3.05, 3.63) is 76.9 Å². The molecule has 3 aromatic rings. The predicted octanol–water partition coefficient (Wildman–Crippen LogP) is 2.60. The fourth-order valence-corrected chi connectivity index (χ4v) is 3.72. The van der Waals surface area contributed by atoms with Crippen molar-refractivity contribution in [3.63, 3.8) is 0 Å². The van der Waals surface area contributed by atoms with Gasteiger partial charge in [-0.2, -0.15) is 0 Å². The molecule has 0 aromatic heterocycles. The number of hydrogen-bond acceptors (Lipinski definition) is 6. The molecule has 2 aliphatic heterocycles. The van der Waals surface area contributed by atoms with Crippen LogP contribution in [0.4, 0.5) is 5.69 Å². The summed E-state index contributed by atoms with van der Waals surface area (Å²) in [7, 11) is 0. The third-order valence-electron chi connectivity index (χ3n) is 4.80. The molecule has 4 N–H and O–H groups in total. The maximum atomic E-state index is 12.6. The Kier molecular flexibility index (Phi) is 3.89. The molecule has 0 unspecified atom stereocenters. The number of phenolic OH excluding ortho intramolecular Hbond substituents is 2. The molecule has 0 radical (unpaired) electrons. The Morgan fingerprint density at radius 1 is 0.815 bits per heavy atom. The molecule has 0 aliphatic carbocycles. The van der Waals surface area contributed by atoms with Gasteiger partial charge >= 0.3 is 35.5 Å². The summed E-state index contributed by atoms with van der Waals surface area (Å²) in [5, 5.41) is 19.7. The van der Waals surface area contributed by atoms with Crippen molar-refractivity contribution in [2.75, 3.05) is 5.73 Å². The molecule has 0 fully saturated rings. The summed E-state index contributed by atoms with van der Waals surface area (Å²) in [6.07, 6.45) is 0. The molecule has 1 spiro atoms. The van der Waals surface area contributed by atoms with Gasteiger partial charge in [-0.1, -0.05) is 6.07 Å². The van der Waals surface area contributed by atoms with Gasteiger partial charge in [0.05, 0.1) is 5.56 Å². The zero-order chi connectivity index (χ0) is 18.1. The van der Waals surface area contributed by atoms with Gasteiger partial charge in [0.2, 0.25) is 0 Å². The standard InChI is InChI=1S/C20H13NO5.Na.H/c21-10-1-4-14-13(7-10)19(24)26-20(14)15-5-2-11(22)8-17(15)25-18-9-12(23)3-6-16(18)20;;/h1-9,22-23H,21H2;;. The number of anilines is 1. The summed E-state index contributed by atoms with van der Waals surface area (Å²) in [6, 6.07) is 14.3. The van der Waals surface area contributed by atoms with Gasteiger partial charge < -0.3 is 25.4 Å². The molecule has 3 aromatic carbocycles. The average Bonchev–Trinajstić information content (AvgIpc) is 2.87.